The molecule has 0 aromatic carbocycles. The van der Waals surface area contributed by atoms with Crippen molar-refractivity contribution in [1.82, 2.24) is 0 Å². The van der Waals surface area contributed by atoms with Gasteiger partial charge in [-0.15, -0.1) is 0 Å². The van der Waals surface area contributed by atoms with E-state index in [4.69, 9.17) is 4.74 Å². The fraction of sp³-hybridized carbons (Fsp3) is 0.882. The molecule has 4 heteroatoms. The van der Waals surface area contributed by atoms with Gasteiger partial charge in [-0.1, -0.05) is 154 Å². The van der Waals surface area contributed by atoms with Gasteiger partial charge >= 0.3 is 11.9 Å². The van der Waals surface area contributed by atoms with Gasteiger partial charge in [-0.25, -0.2) is 0 Å². The minimum Gasteiger partial charge on any atom is -0.481 e. The summed E-state index contributed by atoms with van der Waals surface area (Å²) in [6.45, 7) is 4.58. The van der Waals surface area contributed by atoms with Gasteiger partial charge in [0.25, 0.3) is 0 Å². The van der Waals surface area contributed by atoms with Crippen molar-refractivity contribution in [2.75, 3.05) is 6.61 Å². The number of carboxylic acid groups (broad SMARTS) is 1. The van der Waals surface area contributed by atoms with Crippen molar-refractivity contribution >= 4 is 11.9 Å². The normalized spacial score (nSPS) is 12.3. The molecule has 0 aromatic heterocycles. The van der Waals surface area contributed by atoms with E-state index in [1.165, 1.54) is 135 Å². The van der Waals surface area contributed by atoms with Crippen molar-refractivity contribution in [2.24, 2.45) is 5.92 Å². The Morgan fingerprint density at radius 2 is 0.974 bits per heavy atom. The van der Waals surface area contributed by atoms with E-state index in [9.17, 15) is 14.7 Å². The summed E-state index contributed by atoms with van der Waals surface area (Å²) >= 11 is 0. The van der Waals surface area contributed by atoms with E-state index in [1.54, 1.807) is 0 Å². The standard InChI is InChI=1S/C34H64O4/c1-3-5-6-7-8-9-10-11-12-13-14-15-16-17-18-19-20-21-22-23-24-25-26-27-28-29-32(34(36)37)31-33(35)38-30-4-2/h26-27,32H,3-25,28-31H2,1-2H3,(H,36,37)/b27-26+. The second-order valence-corrected chi connectivity index (χ2v) is 11.4. The number of rotatable bonds is 30. The van der Waals surface area contributed by atoms with Crippen LogP contribution >= 0.6 is 0 Å². The van der Waals surface area contributed by atoms with Crippen LogP contribution in [0, 0.1) is 5.92 Å². The van der Waals surface area contributed by atoms with Gasteiger partial charge in [-0.2, -0.15) is 0 Å². The Hall–Kier alpha value is -1.32. The number of unbranched alkanes of at least 4 members (excludes halogenated alkanes) is 21. The second-order valence-electron chi connectivity index (χ2n) is 11.4. The molecule has 0 aromatic rings. The van der Waals surface area contributed by atoms with Crippen molar-refractivity contribution in [3.05, 3.63) is 12.2 Å². The molecule has 0 rings (SSSR count). The monoisotopic (exact) mass is 536 g/mol. The Labute approximate surface area is 236 Å². The van der Waals surface area contributed by atoms with Crippen LogP contribution in [0.15, 0.2) is 12.2 Å². The molecule has 0 amide bonds. The van der Waals surface area contributed by atoms with Crippen molar-refractivity contribution in [2.45, 2.75) is 181 Å². The first kappa shape index (κ1) is 36.7. The highest BCUT2D eigenvalue weighted by Gasteiger charge is 2.21. The Bertz CT molecular complexity index is 543. The first-order valence-corrected chi connectivity index (χ1v) is 16.6. The molecule has 0 bridgehead atoms. The highest BCUT2D eigenvalue weighted by atomic mass is 16.5. The van der Waals surface area contributed by atoms with Crippen LogP contribution in [-0.2, 0) is 14.3 Å². The second kappa shape index (κ2) is 30.2. The van der Waals surface area contributed by atoms with Crippen LogP contribution in [0.2, 0.25) is 0 Å². The van der Waals surface area contributed by atoms with E-state index in [2.05, 4.69) is 19.1 Å². The summed E-state index contributed by atoms with van der Waals surface area (Å²) in [5, 5.41) is 9.30. The summed E-state index contributed by atoms with van der Waals surface area (Å²) in [5.41, 5.74) is 0. The van der Waals surface area contributed by atoms with Gasteiger partial charge < -0.3 is 9.84 Å². The minimum absolute atomic E-state index is 0.0252. The van der Waals surface area contributed by atoms with Gasteiger partial charge in [0.05, 0.1) is 18.9 Å². The van der Waals surface area contributed by atoms with Gasteiger partial charge in [0.15, 0.2) is 0 Å². The van der Waals surface area contributed by atoms with Gasteiger partial charge in [-0.3, -0.25) is 9.59 Å². The van der Waals surface area contributed by atoms with Crippen LogP contribution in [0.5, 0.6) is 0 Å². The number of ether oxygens (including phenoxy) is 1. The van der Waals surface area contributed by atoms with Gasteiger partial charge in [0.1, 0.15) is 0 Å². The van der Waals surface area contributed by atoms with E-state index in [0.717, 1.165) is 12.8 Å². The van der Waals surface area contributed by atoms with Crippen molar-refractivity contribution < 1.29 is 19.4 Å². The van der Waals surface area contributed by atoms with Gasteiger partial charge in [-0.05, 0) is 32.1 Å². The zero-order chi connectivity index (χ0) is 27.9. The molecule has 224 valence electrons. The number of hydrogen-bond acceptors (Lipinski definition) is 3. The zero-order valence-corrected chi connectivity index (χ0v) is 25.5. The van der Waals surface area contributed by atoms with E-state index in [0.29, 0.717) is 19.4 Å². The smallest absolute Gasteiger partial charge is 0.307 e. The lowest BCUT2D eigenvalue weighted by Gasteiger charge is -2.10. The Morgan fingerprint density at radius 3 is 1.37 bits per heavy atom. The number of carbonyl (C=O) groups is 2. The number of carbonyl (C=O) groups excluding carboxylic acids is 1. The summed E-state index contributed by atoms with van der Waals surface area (Å²) < 4.78 is 5.01. The maximum absolute atomic E-state index is 11.7. The molecule has 0 aliphatic carbocycles. The molecular weight excluding hydrogens is 472 g/mol. The van der Waals surface area contributed by atoms with Gasteiger partial charge in [0, 0.05) is 0 Å². The Morgan fingerprint density at radius 1 is 0.579 bits per heavy atom. The van der Waals surface area contributed by atoms with Crippen LogP contribution in [0.4, 0.5) is 0 Å². The highest BCUT2D eigenvalue weighted by Crippen LogP contribution is 2.16. The minimum atomic E-state index is -0.906. The fourth-order valence-corrected chi connectivity index (χ4v) is 5.02. The molecule has 0 fully saturated rings. The van der Waals surface area contributed by atoms with Crippen LogP contribution < -0.4 is 0 Å². The van der Waals surface area contributed by atoms with E-state index < -0.39 is 17.9 Å². The van der Waals surface area contributed by atoms with Crippen LogP contribution in [0.1, 0.15) is 181 Å². The molecule has 0 aliphatic rings. The lowest BCUT2D eigenvalue weighted by Crippen LogP contribution is -2.19. The molecule has 4 nitrogen and oxygen atoms in total. The van der Waals surface area contributed by atoms with Crippen LogP contribution in [0.3, 0.4) is 0 Å². The fourth-order valence-electron chi connectivity index (χ4n) is 5.02. The lowest BCUT2D eigenvalue weighted by atomic mass is 9.99. The molecule has 1 unspecified atom stereocenters. The topological polar surface area (TPSA) is 63.6 Å². The van der Waals surface area contributed by atoms with Crippen molar-refractivity contribution in [3.8, 4) is 0 Å². The quantitative estimate of drug-likeness (QED) is 0.0563. The van der Waals surface area contributed by atoms with Gasteiger partial charge in [0.2, 0.25) is 0 Å². The van der Waals surface area contributed by atoms with E-state index >= 15 is 0 Å². The largest absolute Gasteiger partial charge is 0.481 e. The molecule has 0 heterocycles. The van der Waals surface area contributed by atoms with E-state index in [1.807, 2.05) is 6.92 Å². The van der Waals surface area contributed by atoms with Crippen LogP contribution in [0.25, 0.3) is 0 Å². The summed E-state index contributed by atoms with van der Waals surface area (Å²) in [6.07, 6.45) is 36.7. The average molecular weight is 537 g/mol. The molecule has 1 N–H and O–H groups in total. The highest BCUT2D eigenvalue weighted by molar-refractivity contribution is 5.78. The summed E-state index contributed by atoms with van der Waals surface area (Å²) in [7, 11) is 0. The molecule has 0 radical (unpaired) electrons. The lowest BCUT2D eigenvalue weighted by molar-refractivity contribution is -0.151. The third-order valence-electron chi connectivity index (χ3n) is 7.55. The molecule has 0 spiro atoms. The zero-order valence-electron chi connectivity index (χ0n) is 25.5. The third-order valence-corrected chi connectivity index (χ3v) is 7.55. The number of allylic oxidation sites excluding steroid dienone is 2. The van der Waals surface area contributed by atoms with Crippen LogP contribution in [-0.4, -0.2) is 23.7 Å². The molecule has 0 saturated carbocycles. The summed E-state index contributed by atoms with van der Waals surface area (Å²) in [4.78, 5) is 23.0. The average Bonchev–Trinajstić information content (AvgIpc) is 2.91. The molecule has 0 saturated heterocycles. The summed E-state index contributed by atoms with van der Waals surface area (Å²) in [6, 6.07) is 0. The maximum atomic E-state index is 11.7. The van der Waals surface area contributed by atoms with Crippen molar-refractivity contribution in [1.29, 1.82) is 0 Å². The molecule has 38 heavy (non-hydrogen) atoms. The predicted octanol–water partition coefficient (Wildman–Crippen LogP) is 11.0. The van der Waals surface area contributed by atoms with Crippen molar-refractivity contribution in [3.63, 3.8) is 0 Å². The third kappa shape index (κ3) is 27.7. The molecule has 1 atom stereocenters. The predicted molar refractivity (Wildman–Crippen MR) is 163 cm³/mol. The maximum Gasteiger partial charge on any atom is 0.307 e. The first-order chi connectivity index (χ1) is 18.6. The Kier molecular flexibility index (Phi) is 29.2. The SMILES string of the molecule is CCCCCCCCCCCCCCCCCCCCCCC/C=C/CCC(CC(=O)OCCC)C(=O)O. The number of esters is 1. The number of hydrogen-bond donors (Lipinski definition) is 1. The van der Waals surface area contributed by atoms with E-state index in [-0.39, 0.29) is 6.42 Å². The molecular formula is C34H64O4. The Balaban J connectivity index is 3.35. The first-order valence-electron chi connectivity index (χ1n) is 16.6. The summed E-state index contributed by atoms with van der Waals surface area (Å²) in [5.74, 6) is -1.95. The number of aliphatic carboxylic acids is 1. The molecule has 0 aliphatic heterocycles. The number of carboxylic acids is 1.